The number of rotatable bonds is 4. The molecule has 36 heavy (non-hydrogen) atoms. The van der Waals surface area contributed by atoms with Gasteiger partial charge in [0.05, 0.1) is 12.7 Å². The normalized spacial score (nSPS) is 14.3. The van der Waals surface area contributed by atoms with Crippen LogP contribution in [-0.2, 0) is 6.42 Å². The highest BCUT2D eigenvalue weighted by molar-refractivity contribution is 5.91. The quantitative estimate of drug-likeness (QED) is 0.308. The van der Waals surface area contributed by atoms with Gasteiger partial charge < -0.3 is 9.47 Å². The van der Waals surface area contributed by atoms with Crippen molar-refractivity contribution in [3.05, 3.63) is 125 Å². The second kappa shape index (κ2) is 8.20. The topological polar surface area (TPSA) is 61.5 Å². The molecule has 0 aliphatic carbocycles. The monoisotopic (exact) mass is 470 g/mol. The predicted molar refractivity (Wildman–Crippen MR) is 138 cm³/mol. The van der Waals surface area contributed by atoms with Gasteiger partial charge in [0, 0.05) is 23.3 Å². The van der Waals surface area contributed by atoms with Crippen molar-refractivity contribution in [2.75, 3.05) is 7.11 Å². The zero-order valence-corrected chi connectivity index (χ0v) is 19.6. The van der Waals surface area contributed by atoms with Gasteiger partial charge in [0.25, 0.3) is 0 Å². The average molecular weight is 471 g/mol. The fourth-order valence-electron chi connectivity index (χ4n) is 5.08. The fourth-order valence-corrected chi connectivity index (χ4v) is 5.08. The summed E-state index contributed by atoms with van der Waals surface area (Å²) in [5.74, 6) is 2.90. The molecule has 6 nitrogen and oxygen atoms in total. The van der Waals surface area contributed by atoms with Crippen LogP contribution in [0, 0.1) is 0 Å². The second-order valence-electron chi connectivity index (χ2n) is 8.94. The Morgan fingerprint density at radius 3 is 2.53 bits per heavy atom. The summed E-state index contributed by atoms with van der Waals surface area (Å²) in [5, 5.41) is 6.96. The summed E-state index contributed by atoms with van der Waals surface area (Å²) >= 11 is 0. The predicted octanol–water partition coefficient (Wildman–Crippen LogP) is 6.16. The van der Waals surface area contributed by atoms with Gasteiger partial charge in [-0.05, 0) is 28.6 Å². The molecule has 6 heteroatoms. The molecule has 1 unspecified atom stereocenters. The van der Waals surface area contributed by atoms with Gasteiger partial charge in [-0.3, -0.25) is 0 Å². The average Bonchev–Trinajstić information content (AvgIpc) is 3.35. The van der Waals surface area contributed by atoms with Crippen LogP contribution in [0.2, 0.25) is 0 Å². The third kappa shape index (κ3) is 3.30. The number of fused-ring (bicyclic) bond motifs is 6. The molecule has 0 saturated carbocycles. The molecule has 0 amide bonds. The Kier molecular flexibility index (Phi) is 4.70. The Bertz CT molecular complexity index is 1730. The number of aromatic nitrogens is 4. The molecule has 0 saturated heterocycles. The third-order valence-electron chi connectivity index (χ3n) is 6.79. The molecule has 1 aliphatic heterocycles. The first-order chi connectivity index (χ1) is 17.8. The highest BCUT2D eigenvalue weighted by atomic mass is 16.5. The lowest BCUT2D eigenvalue weighted by molar-refractivity contribution is 0.414. The van der Waals surface area contributed by atoms with Crippen LogP contribution in [0.15, 0.2) is 97.3 Å². The van der Waals surface area contributed by atoms with Crippen LogP contribution >= 0.6 is 0 Å². The van der Waals surface area contributed by atoms with E-state index in [1.165, 1.54) is 0 Å². The maximum Gasteiger partial charge on any atom is 0.228 e. The highest BCUT2D eigenvalue weighted by Gasteiger charge is 2.34. The van der Waals surface area contributed by atoms with Crippen LogP contribution in [0.4, 0.5) is 0 Å². The van der Waals surface area contributed by atoms with E-state index in [4.69, 9.17) is 24.5 Å². The zero-order valence-electron chi connectivity index (χ0n) is 19.6. The summed E-state index contributed by atoms with van der Waals surface area (Å²) in [6.45, 7) is 0. The van der Waals surface area contributed by atoms with Crippen molar-refractivity contribution in [3.8, 4) is 17.4 Å². The largest absolute Gasteiger partial charge is 0.497 e. The molecule has 1 aliphatic rings. The molecule has 0 bridgehead atoms. The number of hydrogen-bond acceptors (Lipinski definition) is 5. The lowest BCUT2D eigenvalue weighted by Gasteiger charge is -2.28. The van der Waals surface area contributed by atoms with Gasteiger partial charge in [-0.15, -0.1) is 5.10 Å². The highest BCUT2D eigenvalue weighted by Crippen LogP contribution is 2.50. The standard InChI is InChI=1S/C30H22N4O2/c1-35-22-14-11-19(12-15-22)17-25-32-29-27-26(21-8-3-2-4-9-21)24-16-13-20-7-5-6-10-23(20)28(24)36-30(27)31-18-34(29)33-25/h2-16,18,26H,17H2,1H3. The molecule has 3 heterocycles. The molecule has 174 valence electrons. The van der Waals surface area contributed by atoms with E-state index in [1.54, 1.807) is 18.0 Å². The van der Waals surface area contributed by atoms with Crippen LogP contribution in [0.25, 0.3) is 16.4 Å². The van der Waals surface area contributed by atoms with Crippen molar-refractivity contribution in [2.45, 2.75) is 12.3 Å². The Hall–Kier alpha value is -4.71. The molecule has 0 fully saturated rings. The van der Waals surface area contributed by atoms with Crippen molar-refractivity contribution in [3.63, 3.8) is 0 Å². The van der Waals surface area contributed by atoms with Crippen LogP contribution in [0.5, 0.6) is 17.4 Å². The van der Waals surface area contributed by atoms with Gasteiger partial charge >= 0.3 is 0 Å². The van der Waals surface area contributed by atoms with E-state index in [0.29, 0.717) is 12.3 Å². The fraction of sp³-hybridized carbons (Fsp3) is 0.100. The summed E-state index contributed by atoms with van der Waals surface area (Å²) in [4.78, 5) is 9.67. The van der Waals surface area contributed by atoms with Crippen molar-refractivity contribution >= 4 is 16.4 Å². The summed E-state index contributed by atoms with van der Waals surface area (Å²) in [7, 11) is 1.67. The molecule has 7 rings (SSSR count). The summed E-state index contributed by atoms with van der Waals surface area (Å²) in [6, 6.07) is 31.1. The molecule has 0 radical (unpaired) electrons. The molecule has 0 N–H and O–H groups in total. The number of nitrogens with zero attached hydrogens (tertiary/aromatic N) is 4. The lowest BCUT2D eigenvalue weighted by atomic mass is 9.83. The van der Waals surface area contributed by atoms with Crippen molar-refractivity contribution in [1.82, 2.24) is 19.6 Å². The molecular formula is C30H22N4O2. The minimum Gasteiger partial charge on any atom is -0.497 e. The Balaban J connectivity index is 1.40. The van der Waals surface area contributed by atoms with Crippen LogP contribution in [-0.4, -0.2) is 26.7 Å². The first-order valence-electron chi connectivity index (χ1n) is 11.9. The zero-order chi connectivity index (χ0) is 24.1. The Morgan fingerprint density at radius 1 is 0.889 bits per heavy atom. The summed E-state index contributed by atoms with van der Waals surface area (Å²) < 4.78 is 13.5. The van der Waals surface area contributed by atoms with E-state index in [0.717, 1.165) is 56.0 Å². The van der Waals surface area contributed by atoms with Crippen LogP contribution < -0.4 is 9.47 Å². The summed E-state index contributed by atoms with van der Waals surface area (Å²) in [5.41, 5.74) is 5.06. The first-order valence-corrected chi connectivity index (χ1v) is 11.9. The smallest absolute Gasteiger partial charge is 0.228 e. The lowest BCUT2D eigenvalue weighted by Crippen LogP contribution is -2.15. The third-order valence-corrected chi connectivity index (χ3v) is 6.79. The first kappa shape index (κ1) is 20.6. The van der Waals surface area contributed by atoms with Gasteiger partial charge in [-0.2, -0.15) is 0 Å². The Labute approximate surface area is 207 Å². The van der Waals surface area contributed by atoms with Gasteiger partial charge in [-0.25, -0.2) is 14.5 Å². The van der Waals surface area contributed by atoms with Crippen molar-refractivity contribution < 1.29 is 9.47 Å². The van der Waals surface area contributed by atoms with Crippen LogP contribution in [0.1, 0.15) is 34.0 Å². The molecular weight excluding hydrogens is 448 g/mol. The van der Waals surface area contributed by atoms with Gasteiger partial charge in [0.1, 0.15) is 17.8 Å². The number of benzene rings is 4. The van der Waals surface area contributed by atoms with Gasteiger partial charge in [-0.1, -0.05) is 78.9 Å². The molecule has 2 aromatic heterocycles. The van der Waals surface area contributed by atoms with E-state index in [9.17, 15) is 0 Å². The summed E-state index contributed by atoms with van der Waals surface area (Å²) in [6.07, 6.45) is 2.30. The van der Waals surface area contributed by atoms with E-state index in [2.05, 4.69) is 48.5 Å². The minimum atomic E-state index is -0.0798. The number of hydrogen-bond donors (Lipinski definition) is 0. The van der Waals surface area contributed by atoms with Gasteiger partial charge in [0.15, 0.2) is 11.5 Å². The number of ether oxygens (including phenoxy) is 2. The SMILES string of the molecule is COc1ccc(Cc2nc3c4c(ncn3n2)Oc2c(ccc3ccccc23)C4c2ccccc2)cc1. The number of methoxy groups -OCH3 is 1. The minimum absolute atomic E-state index is 0.0798. The van der Waals surface area contributed by atoms with E-state index >= 15 is 0 Å². The van der Waals surface area contributed by atoms with Crippen molar-refractivity contribution in [2.24, 2.45) is 0 Å². The van der Waals surface area contributed by atoms with Crippen molar-refractivity contribution in [1.29, 1.82) is 0 Å². The van der Waals surface area contributed by atoms with Crippen LogP contribution in [0.3, 0.4) is 0 Å². The second-order valence-corrected chi connectivity index (χ2v) is 8.94. The Morgan fingerprint density at radius 2 is 1.69 bits per heavy atom. The maximum atomic E-state index is 6.50. The maximum absolute atomic E-state index is 6.50. The van der Waals surface area contributed by atoms with E-state index in [1.807, 2.05) is 42.5 Å². The molecule has 0 spiro atoms. The van der Waals surface area contributed by atoms with E-state index < -0.39 is 0 Å². The van der Waals surface area contributed by atoms with E-state index in [-0.39, 0.29) is 5.92 Å². The van der Waals surface area contributed by atoms with Gasteiger partial charge in [0.2, 0.25) is 5.88 Å². The molecule has 1 atom stereocenters. The molecule has 6 aromatic rings. The molecule has 4 aromatic carbocycles.